The molecule has 0 spiro atoms. The zero-order chi connectivity index (χ0) is 15.3. The normalized spacial score (nSPS) is 19.1. The van der Waals surface area contributed by atoms with Crippen molar-refractivity contribution in [1.82, 2.24) is 4.72 Å². The molecule has 2 N–H and O–H groups in total. The highest BCUT2D eigenvalue weighted by Crippen LogP contribution is 2.30. The summed E-state index contributed by atoms with van der Waals surface area (Å²) in [6.07, 6.45) is 2.54. The van der Waals surface area contributed by atoms with Crippen molar-refractivity contribution in [2.45, 2.75) is 31.1 Å². The number of sulfonamides is 1. The van der Waals surface area contributed by atoms with Gasteiger partial charge in [0.2, 0.25) is 10.0 Å². The number of nitrogens with one attached hydrogen (secondary N) is 1. The van der Waals surface area contributed by atoms with E-state index >= 15 is 0 Å². The third-order valence-corrected chi connectivity index (χ3v) is 5.37. The van der Waals surface area contributed by atoms with Gasteiger partial charge in [0, 0.05) is 26.2 Å². The Morgan fingerprint density at radius 1 is 1.38 bits per heavy atom. The maximum Gasteiger partial charge on any atom is 0.242 e. The van der Waals surface area contributed by atoms with Crippen LogP contribution >= 0.6 is 0 Å². The van der Waals surface area contributed by atoms with Crippen LogP contribution in [0.5, 0.6) is 0 Å². The molecule has 5 nitrogen and oxygen atoms in total. The Kier molecular flexibility index (Phi) is 5.61. The van der Waals surface area contributed by atoms with E-state index in [-0.39, 0.29) is 6.61 Å². The van der Waals surface area contributed by atoms with Gasteiger partial charge in [-0.2, -0.15) is 0 Å². The number of rotatable bonds is 7. The molecule has 0 bridgehead atoms. The summed E-state index contributed by atoms with van der Waals surface area (Å²) in [6, 6.07) is 7.15. The van der Waals surface area contributed by atoms with Gasteiger partial charge in [-0.15, -0.1) is 0 Å². The van der Waals surface area contributed by atoms with Crippen molar-refractivity contribution in [3.8, 4) is 0 Å². The van der Waals surface area contributed by atoms with Gasteiger partial charge in [0.25, 0.3) is 0 Å². The zero-order valence-corrected chi connectivity index (χ0v) is 13.3. The Balaban J connectivity index is 2.22. The topological polar surface area (TPSA) is 69.6 Å². The minimum Gasteiger partial charge on any atom is -0.396 e. The number of aliphatic hydroxyl groups excluding tert-OH is 1. The van der Waals surface area contributed by atoms with Crippen molar-refractivity contribution in [3.63, 3.8) is 0 Å². The molecule has 118 valence electrons. The molecule has 1 aliphatic heterocycles. The maximum atomic E-state index is 12.4. The van der Waals surface area contributed by atoms with Crippen LogP contribution in [0.4, 0.5) is 5.69 Å². The number of para-hydroxylation sites is 1. The second-order valence-electron chi connectivity index (χ2n) is 5.48. The quantitative estimate of drug-likeness (QED) is 0.802. The molecule has 6 heteroatoms. The minimum absolute atomic E-state index is 0.191. The first-order chi connectivity index (χ1) is 10.1. The molecule has 0 saturated carbocycles. The molecule has 21 heavy (non-hydrogen) atoms. The van der Waals surface area contributed by atoms with E-state index < -0.39 is 10.0 Å². The first-order valence-corrected chi connectivity index (χ1v) is 9.01. The van der Waals surface area contributed by atoms with E-state index in [9.17, 15) is 8.42 Å². The molecule has 1 unspecified atom stereocenters. The van der Waals surface area contributed by atoms with Crippen LogP contribution in [0.15, 0.2) is 29.2 Å². The van der Waals surface area contributed by atoms with Crippen LogP contribution in [0, 0.1) is 5.92 Å². The molecule has 1 atom stereocenters. The molecule has 1 saturated heterocycles. The highest BCUT2D eigenvalue weighted by molar-refractivity contribution is 7.89. The number of hydrogen-bond donors (Lipinski definition) is 2. The molecule has 0 radical (unpaired) electrons. The Labute approximate surface area is 127 Å². The molecule has 1 fully saturated rings. The van der Waals surface area contributed by atoms with Gasteiger partial charge in [-0.25, -0.2) is 13.1 Å². The molecule has 0 amide bonds. The molecule has 1 aromatic carbocycles. The molecule has 2 rings (SSSR count). The number of nitrogens with zero attached hydrogens (tertiary/aromatic N) is 1. The summed E-state index contributed by atoms with van der Waals surface area (Å²) in [5, 5.41) is 9.04. The van der Waals surface area contributed by atoms with Crippen LogP contribution in [-0.4, -0.2) is 39.8 Å². The van der Waals surface area contributed by atoms with E-state index in [1.54, 1.807) is 12.1 Å². The van der Waals surface area contributed by atoms with Crippen LogP contribution in [0.25, 0.3) is 0 Å². The second-order valence-corrected chi connectivity index (χ2v) is 7.21. The van der Waals surface area contributed by atoms with Gasteiger partial charge in [0.15, 0.2) is 0 Å². The lowest BCUT2D eigenvalue weighted by Crippen LogP contribution is -2.28. The van der Waals surface area contributed by atoms with Crippen molar-refractivity contribution in [3.05, 3.63) is 24.3 Å². The summed E-state index contributed by atoms with van der Waals surface area (Å²) >= 11 is 0. The van der Waals surface area contributed by atoms with Crippen molar-refractivity contribution >= 4 is 15.7 Å². The summed E-state index contributed by atoms with van der Waals surface area (Å²) in [6.45, 7) is 4.22. The van der Waals surface area contributed by atoms with Crippen molar-refractivity contribution in [1.29, 1.82) is 0 Å². The molecule has 0 aromatic heterocycles. The fraction of sp³-hybridized carbons (Fsp3) is 0.600. The zero-order valence-electron chi connectivity index (χ0n) is 12.5. The van der Waals surface area contributed by atoms with Crippen molar-refractivity contribution in [2.24, 2.45) is 5.92 Å². The van der Waals surface area contributed by atoms with E-state index in [1.807, 2.05) is 19.1 Å². The standard InChI is InChI=1S/C15H24N2O3S/c1-2-9-16-21(19,20)15-6-4-3-5-14(15)17-10-7-13(12-17)8-11-18/h3-6,13,16,18H,2,7-12H2,1H3. The largest absolute Gasteiger partial charge is 0.396 e. The lowest BCUT2D eigenvalue weighted by Gasteiger charge is -2.22. The van der Waals surface area contributed by atoms with Crippen LogP contribution in [-0.2, 0) is 10.0 Å². The lowest BCUT2D eigenvalue weighted by molar-refractivity contribution is 0.263. The number of hydrogen-bond acceptors (Lipinski definition) is 4. The van der Waals surface area contributed by atoms with Gasteiger partial charge in [-0.05, 0) is 37.3 Å². The summed E-state index contributed by atoms with van der Waals surface area (Å²) in [4.78, 5) is 2.46. The lowest BCUT2D eigenvalue weighted by atomic mass is 10.1. The second kappa shape index (κ2) is 7.24. The highest BCUT2D eigenvalue weighted by Gasteiger charge is 2.27. The summed E-state index contributed by atoms with van der Waals surface area (Å²) in [5.41, 5.74) is 0.765. The average molecular weight is 312 g/mol. The first kappa shape index (κ1) is 16.3. The van der Waals surface area contributed by atoms with Crippen LogP contribution < -0.4 is 9.62 Å². The third-order valence-electron chi connectivity index (χ3n) is 3.86. The van der Waals surface area contributed by atoms with Crippen molar-refractivity contribution < 1.29 is 13.5 Å². The maximum absolute atomic E-state index is 12.4. The number of benzene rings is 1. The summed E-state index contributed by atoms with van der Waals surface area (Å²) < 4.78 is 27.4. The van der Waals surface area contributed by atoms with Crippen LogP contribution in [0.2, 0.25) is 0 Å². The van der Waals surface area contributed by atoms with Gasteiger partial charge in [-0.1, -0.05) is 19.1 Å². The number of aliphatic hydroxyl groups is 1. The molecule has 1 heterocycles. The predicted molar refractivity (Wildman–Crippen MR) is 83.9 cm³/mol. The Bertz CT molecular complexity index is 560. The summed E-state index contributed by atoms with van der Waals surface area (Å²) in [5.74, 6) is 0.439. The molecular weight excluding hydrogens is 288 g/mol. The highest BCUT2D eigenvalue weighted by atomic mass is 32.2. The van der Waals surface area contributed by atoms with Gasteiger partial charge in [0.1, 0.15) is 4.90 Å². The smallest absolute Gasteiger partial charge is 0.242 e. The first-order valence-electron chi connectivity index (χ1n) is 7.53. The molecule has 1 aliphatic rings. The van der Waals surface area contributed by atoms with Crippen LogP contribution in [0.3, 0.4) is 0 Å². The van der Waals surface area contributed by atoms with E-state index in [0.29, 0.717) is 17.4 Å². The molecule has 0 aliphatic carbocycles. The fourth-order valence-corrected chi connectivity index (χ4v) is 4.09. The Morgan fingerprint density at radius 2 is 2.14 bits per heavy atom. The predicted octanol–water partition coefficient (Wildman–Crippen LogP) is 1.58. The van der Waals surface area contributed by atoms with E-state index in [2.05, 4.69) is 9.62 Å². The van der Waals surface area contributed by atoms with Crippen LogP contribution in [0.1, 0.15) is 26.2 Å². The SMILES string of the molecule is CCCNS(=O)(=O)c1ccccc1N1CCC(CCO)C1. The number of anilines is 1. The fourth-order valence-electron chi connectivity index (χ4n) is 2.73. The Hall–Kier alpha value is -1.11. The molecular formula is C15H24N2O3S. The van der Waals surface area contributed by atoms with Gasteiger partial charge >= 0.3 is 0 Å². The van der Waals surface area contributed by atoms with Gasteiger partial charge in [-0.3, -0.25) is 0 Å². The molecule has 1 aromatic rings. The van der Waals surface area contributed by atoms with E-state index in [4.69, 9.17) is 5.11 Å². The Morgan fingerprint density at radius 3 is 2.86 bits per heavy atom. The van der Waals surface area contributed by atoms with Crippen molar-refractivity contribution in [2.75, 3.05) is 31.1 Å². The van der Waals surface area contributed by atoms with E-state index in [1.165, 1.54) is 0 Å². The average Bonchev–Trinajstić information content (AvgIpc) is 2.94. The third kappa shape index (κ3) is 3.96. The van der Waals surface area contributed by atoms with Gasteiger partial charge in [0.05, 0.1) is 5.69 Å². The minimum atomic E-state index is -3.46. The van der Waals surface area contributed by atoms with E-state index in [0.717, 1.165) is 38.0 Å². The summed E-state index contributed by atoms with van der Waals surface area (Å²) in [7, 11) is -3.46. The van der Waals surface area contributed by atoms with Gasteiger partial charge < -0.3 is 10.0 Å². The monoisotopic (exact) mass is 312 g/mol.